The molecule has 29 heavy (non-hydrogen) atoms. The number of nitrogens with one attached hydrogen (secondary N) is 2. The van der Waals surface area contributed by atoms with E-state index in [1.807, 2.05) is 6.92 Å². The lowest BCUT2D eigenvalue weighted by molar-refractivity contribution is 0.0601. The zero-order valence-electron chi connectivity index (χ0n) is 16.1. The molecule has 0 bridgehead atoms. The quantitative estimate of drug-likeness (QED) is 0.585. The predicted octanol–water partition coefficient (Wildman–Crippen LogP) is 4.26. The zero-order valence-corrected chi connectivity index (χ0v) is 16.1. The summed E-state index contributed by atoms with van der Waals surface area (Å²) < 4.78 is 10.2. The van der Waals surface area contributed by atoms with Crippen LogP contribution in [0.2, 0.25) is 0 Å². The molecule has 7 nitrogen and oxygen atoms in total. The average Bonchev–Trinajstić information content (AvgIpc) is 2.75. The maximum atomic E-state index is 12.4. The second kappa shape index (κ2) is 9.36. The molecule has 0 saturated carbocycles. The summed E-state index contributed by atoms with van der Waals surface area (Å²) in [5, 5.41) is 5.90. The van der Waals surface area contributed by atoms with Crippen molar-refractivity contribution in [2.45, 2.75) is 6.92 Å². The van der Waals surface area contributed by atoms with Crippen LogP contribution in [0.15, 0.2) is 66.9 Å². The number of hydrogen-bond donors (Lipinski definition) is 2. The number of para-hydroxylation sites is 1. The number of pyridine rings is 1. The molecule has 0 aliphatic heterocycles. The largest absolute Gasteiger partial charge is 0.494 e. The highest BCUT2D eigenvalue weighted by Gasteiger charge is 2.12. The molecule has 3 aromatic rings. The van der Waals surface area contributed by atoms with Crippen molar-refractivity contribution in [2.24, 2.45) is 0 Å². The molecular formula is C22H21N3O4. The number of anilines is 3. The van der Waals surface area contributed by atoms with Gasteiger partial charge in [0.25, 0.3) is 5.91 Å². The van der Waals surface area contributed by atoms with E-state index in [1.54, 1.807) is 60.7 Å². The lowest BCUT2D eigenvalue weighted by Crippen LogP contribution is -2.13. The summed E-state index contributed by atoms with van der Waals surface area (Å²) in [4.78, 5) is 28.4. The molecule has 0 spiro atoms. The molecule has 7 heteroatoms. The van der Waals surface area contributed by atoms with Gasteiger partial charge in [0.15, 0.2) is 0 Å². The predicted molar refractivity (Wildman–Crippen MR) is 111 cm³/mol. The van der Waals surface area contributed by atoms with E-state index >= 15 is 0 Å². The lowest BCUT2D eigenvalue weighted by atomic mass is 10.1. The fourth-order valence-electron chi connectivity index (χ4n) is 2.63. The number of aromatic nitrogens is 1. The van der Waals surface area contributed by atoms with Crippen molar-refractivity contribution < 1.29 is 19.1 Å². The van der Waals surface area contributed by atoms with Gasteiger partial charge in [0.2, 0.25) is 0 Å². The molecule has 0 atom stereocenters. The summed E-state index contributed by atoms with van der Waals surface area (Å²) >= 11 is 0. The number of ether oxygens (including phenoxy) is 2. The van der Waals surface area contributed by atoms with Crippen molar-refractivity contribution in [3.8, 4) is 5.75 Å². The van der Waals surface area contributed by atoms with Gasteiger partial charge < -0.3 is 20.1 Å². The Morgan fingerprint density at radius 2 is 1.69 bits per heavy atom. The van der Waals surface area contributed by atoms with Crippen LogP contribution in [0.5, 0.6) is 5.75 Å². The summed E-state index contributed by atoms with van der Waals surface area (Å²) in [5.74, 6) is -0.0191. The smallest absolute Gasteiger partial charge is 0.339 e. The number of esters is 1. The third-order valence-electron chi connectivity index (χ3n) is 4.03. The number of rotatable bonds is 7. The maximum absolute atomic E-state index is 12.4. The number of carbonyl (C=O) groups excluding carboxylic acids is 2. The van der Waals surface area contributed by atoms with Gasteiger partial charge in [-0.1, -0.05) is 12.1 Å². The Hall–Kier alpha value is -3.87. The van der Waals surface area contributed by atoms with Gasteiger partial charge in [-0.3, -0.25) is 4.79 Å². The van der Waals surface area contributed by atoms with E-state index in [9.17, 15) is 9.59 Å². The van der Waals surface area contributed by atoms with E-state index in [1.165, 1.54) is 13.3 Å². The average molecular weight is 391 g/mol. The van der Waals surface area contributed by atoms with Crippen LogP contribution in [0.25, 0.3) is 0 Å². The molecule has 0 unspecified atom stereocenters. The second-order valence-electron chi connectivity index (χ2n) is 6.01. The van der Waals surface area contributed by atoms with Crippen molar-refractivity contribution >= 4 is 28.9 Å². The van der Waals surface area contributed by atoms with E-state index < -0.39 is 5.97 Å². The molecule has 148 valence electrons. The van der Waals surface area contributed by atoms with Gasteiger partial charge in [-0.15, -0.1) is 0 Å². The zero-order chi connectivity index (χ0) is 20.6. The molecule has 0 radical (unpaired) electrons. The normalized spacial score (nSPS) is 10.1. The first-order chi connectivity index (χ1) is 14.1. The summed E-state index contributed by atoms with van der Waals surface area (Å²) in [6, 6.07) is 17.4. The van der Waals surface area contributed by atoms with Crippen molar-refractivity contribution in [1.82, 2.24) is 4.98 Å². The topological polar surface area (TPSA) is 89.6 Å². The number of methoxy groups -OCH3 is 1. The molecule has 0 fully saturated rings. The van der Waals surface area contributed by atoms with Crippen molar-refractivity contribution in [3.05, 3.63) is 78.1 Å². The summed E-state index contributed by atoms with van der Waals surface area (Å²) in [6.45, 7) is 2.49. The van der Waals surface area contributed by atoms with Crippen molar-refractivity contribution in [3.63, 3.8) is 0 Å². The standard InChI is InChI=1S/C22H21N3O4/c1-3-29-17-11-8-15(9-12-17)25-21(26)20-13-10-16(14-23-20)24-19-7-5-4-6-18(19)22(27)28-2/h4-14,24H,3H2,1-2H3,(H,25,26). The van der Waals surface area contributed by atoms with Gasteiger partial charge >= 0.3 is 5.97 Å². The highest BCUT2D eigenvalue weighted by atomic mass is 16.5. The second-order valence-corrected chi connectivity index (χ2v) is 6.01. The van der Waals surface area contributed by atoms with Crippen LogP contribution in [0, 0.1) is 0 Å². The van der Waals surface area contributed by atoms with Crippen LogP contribution in [-0.2, 0) is 4.74 Å². The fourth-order valence-corrected chi connectivity index (χ4v) is 2.63. The Balaban J connectivity index is 1.67. The van der Waals surface area contributed by atoms with Gasteiger partial charge in [0.1, 0.15) is 11.4 Å². The number of carbonyl (C=O) groups is 2. The monoisotopic (exact) mass is 391 g/mol. The van der Waals surface area contributed by atoms with Crippen LogP contribution < -0.4 is 15.4 Å². The summed E-state index contributed by atoms with van der Waals surface area (Å²) in [6.07, 6.45) is 1.53. The Morgan fingerprint density at radius 3 is 2.34 bits per heavy atom. The molecular weight excluding hydrogens is 370 g/mol. The first-order valence-electron chi connectivity index (χ1n) is 9.05. The molecule has 0 aliphatic rings. The Labute approximate surface area is 168 Å². The van der Waals surface area contributed by atoms with E-state index in [2.05, 4.69) is 15.6 Å². The molecule has 1 heterocycles. The van der Waals surface area contributed by atoms with Gasteiger partial charge in [0, 0.05) is 5.69 Å². The molecule has 1 aromatic heterocycles. The molecule has 2 N–H and O–H groups in total. The molecule has 0 saturated heterocycles. The first-order valence-corrected chi connectivity index (χ1v) is 9.05. The molecule has 1 amide bonds. The third kappa shape index (κ3) is 5.10. The maximum Gasteiger partial charge on any atom is 0.339 e. The van der Waals surface area contributed by atoms with Crippen molar-refractivity contribution in [2.75, 3.05) is 24.4 Å². The number of hydrogen-bond acceptors (Lipinski definition) is 6. The summed E-state index contributed by atoms with van der Waals surface area (Å²) in [5.41, 5.74) is 2.55. The van der Waals surface area contributed by atoms with Gasteiger partial charge in [-0.05, 0) is 55.5 Å². The minimum atomic E-state index is -0.438. The van der Waals surface area contributed by atoms with Gasteiger partial charge in [-0.2, -0.15) is 0 Å². The SMILES string of the molecule is CCOc1ccc(NC(=O)c2ccc(Nc3ccccc3C(=O)OC)cn2)cc1. The van der Waals surface area contributed by atoms with Crippen LogP contribution in [0.4, 0.5) is 17.1 Å². The van der Waals surface area contributed by atoms with Crippen LogP contribution >= 0.6 is 0 Å². The van der Waals surface area contributed by atoms with Gasteiger partial charge in [-0.25, -0.2) is 9.78 Å². The number of amides is 1. The minimum absolute atomic E-state index is 0.269. The Kier molecular flexibility index (Phi) is 6.42. The molecule has 0 aliphatic carbocycles. The third-order valence-corrected chi connectivity index (χ3v) is 4.03. The van der Waals surface area contributed by atoms with E-state index in [0.717, 1.165) is 5.75 Å². The highest BCUT2D eigenvalue weighted by molar-refractivity contribution is 6.03. The van der Waals surface area contributed by atoms with Crippen LogP contribution in [0.3, 0.4) is 0 Å². The minimum Gasteiger partial charge on any atom is -0.494 e. The van der Waals surface area contributed by atoms with Gasteiger partial charge in [0.05, 0.1) is 36.9 Å². The van der Waals surface area contributed by atoms with Crippen LogP contribution in [0.1, 0.15) is 27.8 Å². The molecule has 2 aromatic carbocycles. The van der Waals surface area contributed by atoms with Crippen LogP contribution in [-0.4, -0.2) is 30.6 Å². The lowest BCUT2D eigenvalue weighted by Gasteiger charge is -2.11. The Morgan fingerprint density at radius 1 is 0.966 bits per heavy atom. The summed E-state index contributed by atoms with van der Waals surface area (Å²) in [7, 11) is 1.33. The molecule has 3 rings (SSSR count). The van der Waals surface area contributed by atoms with E-state index in [4.69, 9.17) is 9.47 Å². The number of nitrogens with zero attached hydrogens (tertiary/aromatic N) is 1. The first kappa shape index (κ1) is 19.9. The van der Waals surface area contributed by atoms with E-state index in [0.29, 0.717) is 29.2 Å². The van der Waals surface area contributed by atoms with E-state index in [-0.39, 0.29) is 11.6 Å². The highest BCUT2D eigenvalue weighted by Crippen LogP contribution is 2.21. The number of benzene rings is 2. The van der Waals surface area contributed by atoms with Crippen molar-refractivity contribution in [1.29, 1.82) is 0 Å². The fraction of sp³-hybridized carbons (Fsp3) is 0.136. The Bertz CT molecular complexity index is 986.